The molecule has 2 N–H and O–H groups in total. The van der Waals surface area contributed by atoms with Gasteiger partial charge in [0.05, 0.1) is 5.69 Å². The molecule has 0 amide bonds. The minimum atomic E-state index is 0.563. The zero-order valence-corrected chi connectivity index (χ0v) is 18.0. The van der Waals surface area contributed by atoms with Gasteiger partial charge in [-0.05, 0) is 25.0 Å². The maximum Gasteiger partial charge on any atom is 0.255 e. The van der Waals surface area contributed by atoms with Crippen molar-refractivity contribution in [1.29, 1.82) is 0 Å². The van der Waals surface area contributed by atoms with E-state index in [9.17, 15) is 0 Å². The van der Waals surface area contributed by atoms with Crippen molar-refractivity contribution in [3.63, 3.8) is 0 Å². The minimum Gasteiger partial charge on any atom is -0.323 e. The molecule has 0 fully saturated rings. The largest absolute Gasteiger partial charge is 0.323 e. The van der Waals surface area contributed by atoms with E-state index < -0.39 is 0 Å². The van der Waals surface area contributed by atoms with Crippen molar-refractivity contribution in [2.24, 2.45) is 0 Å². The van der Waals surface area contributed by atoms with Gasteiger partial charge in [-0.25, -0.2) is 4.98 Å². The Morgan fingerprint density at radius 1 is 0.968 bits per heavy atom. The summed E-state index contributed by atoms with van der Waals surface area (Å²) in [5.74, 6) is 2.84. The van der Waals surface area contributed by atoms with Crippen molar-refractivity contribution < 1.29 is 0 Å². The standard InChI is InChI=1S/C23H21N7S/c1-15-8-10-17(11-9-15)14-31-23-26-22-24-16(2)12-21(30(22)29-23)25-20-13-19(27-28-20)18-6-4-3-5-7-18/h3-13H,14H2,1-2H3,(H2,25,27,28). The molecular formula is C23H21N7S. The molecule has 0 aliphatic rings. The van der Waals surface area contributed by atoms with Crippen molar-refractivity contribution in [3.8, 4) is 11.3 Å². The SMILES string of the molecule is Cc1ccc(CSc2nc3nc(C)cc(Nc4cc(-c5ccccc5)[nH]n4)n3n2)cc1. The average Bonchev–Trinajstić information content (AvgIpc) is 3.41. The quantitative estimate of drug-likeness (QED) is 0.364. The second-order valence-electron chi connectivity index (χ2n) is 7.32. The van der Waals surface area contributed by atoms with E-state index in [1.165, 1.54) is 11.1 Å². The van der Waals surface area contributed by atoms with Gasteiger partial charge >= 0.3 is 0 Å². The van der Waals surface area contributed by atoms with Crippen LogP contribution in [-0.2, 0) is 5.75 Å². The van der Waals surface area contributed by atoms with Crippen LogP contribution >= 0.6 is 11.8 Å². The highest BCUT2D eigenvalue weighted by Gasteiger charge is 2.12. The molecule has 0 aliphatic carbocycles. The molecule has 0 atom stereocenters. The van der Waals surface area contributed by atoms with E-state index in [0.717, 1.165) is 28.5 Å². The maximum absolute atomic E-state index is 4.65. The molecule has 31 heavy (non-hydrogen) atoms. The average molecular weight is 428 g/mol. The molecule has 3 aromatic heterocycles. The summed E-state index contributed by atoms with van der Waals surface area (Å²) in [6.07, 6.45) is 0. The number of nitrogens with zero attached hydrogens (tertiary/aromatic N) is 5. The molecule has 0 saturated heterocycles. The summed E-state index contributed by atoms with van der Waals surface area (Å²) < 4.78 is 1.72. The van der Waals surface area contributed by atoms with Crippen LogP contribution in [0.15, 0.2) is 71.9 Å². The topological polar surface area (TPSA) is 83.8 Å². The van der Waals surface area contributed by atoms with Crippen LogP contribution < -0.4 is 5.32 Å². The third kappa shape index (κ3) is 4.29. The first kappa shape index (κ1) is 19.3. The molecule has 3 heterocycles. The van der Waals surface area contributed by atoms with Gasteiger partial charge in [-0.1, -0.05) is 71.9 Å². The number of nitrogens with one attached hydrogen (secondary N) is 2. The lowest BCUT2D eigenvalue weighted by Gasteiger charge is -2.05. The third-order valence-electron chi connectivity index (χ3n) is 4.83. The molecule has 2 aromatic carbocycles. The third-order valence-corrected chi connectivity index (χ3v) is 5.74. The van der Waals surface area contributed by atoms with Crippen LogP contribution in [0.2, 0.25) is 0 Å². The predicted molar refractivity (Wildman–Crippen MR) is 124 cm³/mol. The van der Waals surface area contributed by atoms with E-state index in [2.05, 4.69) is 61.8 Å². The first-order valence-corrected chi connectivity index (χ1v) is 10.9. The summed E-state index contributed by atoms with van der Waals surface area (Å²) in [5, 5.41) is 16.1. The van der Waals surface area contributed by atoms with Gasteiger partial charge in [0.15, 0.2) is 5.82 Å². The second kappa shape index (κ2) is 8.23. The number of aromatic amines is 1. The lowest BCUT2D eigenvalue weighted by atomic mass is 10.2. The van der Waals surface area contributed by atoms with Crippen molar-refractivity contribution >= 4 is 29.2 Å². The highest BCUT2D eigenvalue weighted by atomic mass is 32.2. The summed E-state index contributed by atoms with van der Waals surface area (Å²) >= 11 is 1.59. The van der Waals surface area contributed by atoms with E-state index in [0.29, 0.717) is 16.8 Å². The Kier molecular flexibility index (Phi) is 5.13. The van der Waals surface area contributed by atoms with Crippen LogP contribution in [0.5, 0.6) is 0 Å². The molecule has 0 aliphatic heterocycles. The van der Waals surface area contributed by atoms with Gasteiger partial charge in [0.1, 0.15) is 5.82 Å². The Bertz CT molecular complexity index is 1320. The van der Waals surface area contributed by atoms with E-state index in [1.54, 1.807) is 16.3 Å². The molecule has 0 saturated carbocycles. The molecule has 0 bridgehead atoms. The highest BCUT2D eigenvalue weighted by molar-refractivity contribution is 7.98. The summed E-state index contributed by atoms with van der Waals surface area (Å²) in [4.78, 5) is 9.12. The van der Waals surface area contributed by atoms with E-state index >= 15 is 0 Å². The lowest BCUT2D eigenvalue weighted by molar-refractivity contribution is 0.881. The summed E-state index contributed by atoms with van der Waals surface area (Å²) in [6.45, 7) is 4.03. The lowest BCUT2D eigenvalue weighted by Crippen LogP contribution is -2.02. The first-order valence-electron chi connectivity index (χ1n) is 9.95. The molecule has 7 nitrogen and oxygen atoms in total. The molecule has 5 aromatic rings. The van der Waals surface area contributed by atoms with Crippen molar-refractivity contribution in [2.45, 2.75) is 24.8 Å². The van der Waals surface area contributed by atoms with Crippen molar-refractivity contribution in [3.05, 3.63) is 83.6 Å². The number of thioether (sulfide) groups is 1. The van der Waals surface area contributed by atoms with Gasteiger partial charge in [-0.2, -0.15) is 14.6 Å². The Balaban J connectivity index is 1.38. The Morgan fingerprint density at radius 3 is 2.58 bits per heavy atom. The highest BCUT2D eigenvalue weighted by Crippen LogP contribution is 2.24. The summed E-state index contributed by atoms with van der Waals surface area (Å²) in [7, 11) is 0. The fourth-order valence-corrected chi connectivity index (χ4v) is 4.01. The Labute approximate surface area is 184 Å². The Morgan fingerprint density at radius 2 is 1.77 bits per heavy atom. The number of anilines is 2. The van der Waals surface area contributed by atoms with Gasteiger partial charge in [0.2, 0.25) is 5.16 Å². The number of aryl methyl sites for hydroxylation is 2. The molecule has 8 heteroatoms. The number of fused-ring (bicyclic) bond motifs is 1. The second-order valence-corrected chi connectivity index (χ2v) is 8.26. The molecule has 154 valence electrons. The smallest absolute Gasteiger partial charge is 0.255 e. The fourth-order valence-electron chi connectivity index (χ4n) is 3.23. The van der Waals surface area contributed by atoms with E-state index in [4.69, 9.17) is 0 Å². The molecule has 0 spiro atoms. The molecule has 0 unspecified atom stereocenters. The van der Waals surface area contributed by atoms with Crippen molar-refractivity contribution in [2.75, 3.05) is 5.32 Å². The van der Waals surface area contributed by atoms with E-state index in [1.807, 2.05) is 49.4 Å². The molecular weight excluding hydrogens is 406 g/mol. The fraction of sp³-hybridized carbons (Fsp3) is 0.130. The van der Waals surface area contributed by atoms with Gasteiger partial charge in [-0.3, -0.25) is 5.10 Å². The van der Waals surface area contributed by atoms with Gasteiger partial charge in [0.25, 0.3) is 5.78 Å². The van der Waals surface area contributed by atoms with E-state index in [-0.39, 0.29) is 0 Å². The molecule has 5 rings (SSSR count). The number of hydrogen-bond donors (Lipinski definition) is 2. The number of H-pyrrole nitrogens is 1. The van der Waals surface area contributed by atoms with Gasteiger partial charge in [-0.15, -0.1) is 5.10 Å². The zero-order chi connectivity index (χ0) is 21.2. The van der Waals surface area contributed by atoms with Crippen LogP contribution in [0.1, 0.15) is 16.8 Å². The number of rotatable bonds is 6. The monoisotopic (exact) mass is 427 g/mol. The normalized spacial score (nSPS) is 11.2. The van der Waals surface area contributed by atoms with Crippen LogP contribution in [0, 0.1) is 13.8 Å². The Hall–Kier alpha value is -3.65. The van der Waals surface area contributed by atoms with Crippen LogP contribution in [0.4, 0.5) is 11.6 Å². The maximum atomic E-state index is 4.65. The summed E-state index contributed by atoms with van der Waals surface area (Å²) in [5.41, 5.74) is 5.37. The summed E-state index contributed by atoms with van der Waals surface area (Å²) in [6, 6.07) is 22.5. The zero-order valence-electron chi connectivity index (χ0n) is 17.2. The minimum absolute atomic E-state index is 0.563. The van der Waals surface area contributed by atoms with Gasteiger partial charge in [0, 0.05) is 23.6 Å². The number of aromatic nitrogens is 6. The van der Waals surface area contributed by atoms with Crippen molar-refractivity contribution in [1.82, 2.24) is 29.8 Å². The number of hydrogen-bond acceptors (Lipinski definition) is 6. The van der Waals surface area contributed by atoms with Crippen LogP contribution in [0.3, 0.4) is 0 Å². The molecule has 0 radical (unpaired) electrons. The number of benzene rings is 2. The predicted octanol–water partition coefficient (Wildman–Crippen LogP) is 5.17. The van der Waals surface area contributed by atoms with Crippen LogP contribution in [0.25, 0.3) is 17.0 Å². The van der Waals surface area contributed by atoms with Crippen LogP contribution in [-0.4, -0.2) is 29.8 Å². The first-order chi connectivity index (χ1) is 15.1. The van der Waals surface area contributed by atoms with Gasteiger partial charge < -0.3 is 5.32 Å².